The molecule has 3 heteroatoms. The standard InChI is InChI=1S/C14H21NO2/c1-2-9-17-14-8-4-3-7-13(14)15-12-6-5-10-16-11-12/h3-4,7-8,12,15H,2,5-6,9-11H2,1H3. The van der Waals surface area contributed by atoms with Crippen LogP contribution in [0.1, 0.15) is 26.2 Å². The molecule has 1 saturated heterocycles. The summed E-state index contributed by atoms with van der Waals surface area (Å²) in [5.41, 5.74) is 1.08. The van der Waals surface area contributed by atoms with Crippen LogP contribution in [0.4, 0.5) is 5.69 Å². The molecule has 1 fully saturated rings. The molecular weight excluding hydrogens is 214 g/mol. The van der Waals surface area contributed by atoms with E-state index in [9.17, 15) is 0 Å². The van der Waals surface area contributed by atoms with E-state index in [0.29, 0.717) is 6.04 Å². The van der Waals surface area contributed by atoms with Gasteiger partial charge in [0.1, 0.15) is 5.75 Å². The average molecular weight is 235 g/mol. The van der Waals surface area contributed by atoms with E-state index in [1.807, 2.05) is 18.2 Å². The third-order valence-corrected chi connectivity index (χ3v) is 2.87. The normalized spacial score (nSPS) is 19.9. The second-order valence-corrected chi connectivity index (χ2v) is 4.40. The SMILES string of the molecule is CCCOc1ccccc1NC1CCCOC1. The van der Waals surface area contributed by atoms with Crippen LogP contribution in [0.25, 0.3) is 0 Å². The number of nitrogens with one attached hydrogen (secondary N) is 1. The molecule has 1 aromatic rings. The zero-order valence-corrected chi connectivity index (χ0v) is 10.4. The van der Waals surface area contributed by atoms with Gasteiger partial charge in [-0.05, 0) is 31.4 Å². The molecule has 1 aliphatic rings. The molecule has 1 heterocycles. The maximum Gasteiger partial charge on any atom is 0.142 e. The largest absolute Gasteiger partial charge is 0.491 e. The molecule has 3 nitrogen and oxygen atoms in total. The lowest BCUT2D eigenvalue weighted by Gasteiger charge is -2.25. The molecular formula is C14H21NO2. The first-order chi connectivity index (χ1) is 8.40. The first-order valence-electron chi connectivity index (χ1n) is 6.46. The topological polar surface area (TPSA) is 30.5 Å². The zero-order valence-electron chi connectivity index (χ0n) is 10.4. The van der Waals surface area contributed by atoms with Crippen molar-refractivity contribution in [2.75, 3.05) is 25.1 Å². The summed E-state index contributed by atoms with van der Waals surface area (Å²) in [5.74, 6) is 0.944. The highest BCUT2D eigenvalue weighted by Gasteiger charge is 2.14. The smallest absolute Gasteiger partial charge is 0.142 e. The van der Waals surface area contributed by atoms with E-state index in [-0.39, 0.29) is 0 Å². The van der Waals surface area contributed by atoms with Gasteiger partial charge in [-0.15, -0.1) is 0 Å². The Labute approximate surface area is 103 Å². The van der Waals surface area contributed by atoms with Crippen LogP contribution in [0.15, 0.2) is 24.3 Å². The number of para-hydroxylation sites is 2. The van der Waals surface area contributed by atoms with Crippen LogP contribution in [0.2, 0.25) is 0 Å². The van der Waals surface area contributed by atoms with Crippen molar-refractivity contribution in [3.05, 3.63) is 24.3 Å². The molecule has 17 heavy (non-hydrogen) atoms. The highest BCUT2D eigenvalue weighted by Crippen LogP contribution is 2.25. The first kappa shape index (κ1) is 12.2. The van der Waals surface area contributed by atoms with Crippen molar-refractivity contribution in [3.63, 3.8) is 0 Å². The number of ether oxygens (including phenoxy) is 2. The molecule has 94 valence electrons. The molecule has 1 N–H and O–H groups in total. The van der Waals surface area contributed by atoms with Crippen LogP contribution < -0.4 is 10.1 Å². The van der Waals surface area contributed by atoms with Crippen molar-refractivity contribution < 1.29 is 9.47 Å². The van der Waals surface area contributed by atoms with Crippen molar-refractivity contribution >= 4 is 5.69 Å². The molecule has 0 radical (unpaired) electrons. The zero-order chi connectivity index (χ0) is 11.9. The van der Waals surface area contributed by atoms with Crippen molar-refractivity contribution in [3.8, 4) is 5.75 Å². The highest BCUT2D eigenvalue weighted by molar-refractivity contribution is 5.56. The molecule has 1 atom stereocenters. The van der Waals surface area contributed by atoms with Crippen LogP contribution in [0, 0.1) is 0 Å². The van der Waals surface area contributed by atoms with Crippen molar-refractivity contribution in [1.82, 2.24) is 0 Å². The Hall–Kier alpha value is -1.22. The predicted molar refractivity (Wildman–Crippen MR) is 69.7 cm³/mol. The molecule has 1 aromatic carbocycles. The number of anilines is 1. The van der Waals surface area contributed by atoms with Gasteiger partial charge in [0.05, 0.1) is 18.9 Å². The van der Waals surface area contributed by atoms with E-state index in [4.69, 9.17) is 9.47 Å². The van der Waals surface area contributed by atoms with Crippen LogP contribution in [0.3, 0.4) is 0 Å². The highest BCUT2D eigenvalue weighted by atomic mass is 16.5. The van der Waals surface area contributed by atoms with Gasteiger partial charge in [0.15, 0.2) is 0 Å². The van der Waals surface area contributed by atoms with E-state index in [0.717, 1.165) is 44.1 Å². The quantitative estimate of drug-likeness (QED) is 0.850. The number of benzene rings is 1. The minimum absolute atomic E-state index is 0.412. The summed E-state index contributed by atoms with van der Waals surface area (Å²) < 4.78 is 11.2. The van der Waals surface area contributed by atoms with Crippen molar-refractivity contribution in [1.29, 1.82) is 0 Å². The fourth-order valence-corrected chi connectivity index (χ4v) is 2.00. The maximum absolute atomic E-state index is 5.72. The molecule has 0 amide bonds. The lowest BCUT2D eigenvalue weighted by Crippen LogP contribution is -2.30. The van der Waals surface area contributed by atoms with Gasteiger partial charge in [-0.2, -0.15) is 0 Å². The van der Waals surface area contributed by atoms with E-state index in [2.05, 4.69) is 18.3 Å². The van der Waals surface area contributed by atoms with Crippen molar-refractivity contribution in [2.45, 2.75) is 32.2 Å². The summed E-state index contributed by atoms with van der Waals surface area (Å²) in [6, 6.07) is 8.54. The number of hydrogen-bond donors (Lipinski definition) is 1. The van der Waals surface area contributed by atoms with Crippen LogP contribution in [0.5, 0.6) is 5.75 Å². The van der Waals surface area contributed by atoms with Crippen LogP contribution in [-0.2, 0) is 4.74 Å². The summed E-state index contributed by atoms with van der Waals surface area (Å²) >= 11 is 0. The van der Waals surface area contributed by atoms with Crippen molar-refractivity contribution in [2.24, 2.45) is 0 Å². The number of hydrogen-bond acceptors (Lipinski definition) is 3. The van der Waals surface area contributed by atoms with Gasteiger partial charge in [0, 0.05) is 12.6 Å². The fourth-order valence-electron chi connectivity index (χ4n) is 2.00. The molecule has 0 bridgehead atoms. The Bertz CT molecular complexity index is 335. The Balaban J connectivity index is 1.98. The summed E-state index contributed by atoms with van der Waals surface area (Å²) in [6.45, 7) is 4.57. The molecule has 0 spiro atoms. The molecule has 0 aromatic heterocycles. The Morgan fingerprint density at radius 2 is 2.29 bits per heavy atom. The molecule has 1 aliphatic heterocycles. The van der Waals surface area contributed by atoms with Gasteiger partial charge in [-0.25, -0.2) is 0 Å². The second kappa shape index (κ2) is 6.50. The van der Waals surface area contributed by atoms with E-state index < -0.39 is 0 Å². The van der Waals surface area contributed by atoms with Gasteiger partial charge in [-0.1, -0.05) is 19.1 Å². The van der Waals surface area contributed by atoms with Gasteiger partial charge in [0.25, 0.3) is 0 Å². The Morgan fingerprint density at radius 3 is 3.06 bits per heavy atom. The van der Waals surface area contributed by atoms with E-state index in [1.165, 1.54) is 6.42 Å². The maximum atomic E-state index is 5.72. The minimum Gasteiger partial charge on any atom is -0.491 e. The third-order valence-electron chi connectivity index (χ3n) is 2.87. The summed E-state index contributed by atoms with van der Waals surface area (Å²) in [7, 11) is 0. The van der Waals surface area contributed by atoms with Crippen LogP contribution in [-0.4, -0.2) is 25.9 Å². The minimum atomic E-state index is 0.412. The molecule has 2 rings (SSSR count). The average Bonchev–Trinajstić information content (AvgIpc) is 2.39. The Morgan fingerprint density at radius 1 is 1.41 bits per heavy atom. The summed E-state index contributed by atoms with van der Waals surface area (Å²) in [6.07, 6.45) is 3.33. The molecule has 1 unspecified atom stereocenters. The summed E-state index contributed by atoms with van der Waals surface area (Å²) in [5, 5.41) is 3.51. The first-order valence-corrected chi connectivity index (χ1v) is 6.46. The monoisotopic (exact) mass is 235 g/mol. The van der Waals surface area contributed by atoms with Gasteiger partial charge >= 0.3 is 0 Å². The van der Waals surface area contributed by atoms with E-state index in [1.54, 1.807) is 0 Å². The second-order valence-electron chi connectivity index (χ2n) is 4.40. The lowest BCUT2D eigenvalue weighted by molar-refractivity contribution is 0.0875. The van der Waals surface area contributed by atoms with Gasteiger partial charge < -0.3 is 14.8 Å². The predicted octanol–water partition coefficient (Wildman–Crippen LogP) is 3.07. The van der Waals surface area contributed by atoms with Gasteiger partial charge in [-0.3, -0.25) is 0 Å². The van der Waals surface area contributed by atoms with E-state index >= 15 is 0 Å². The summed E-state index contributed by atoms with van der Waals surface area (Å²) in [4.78, 5) is 0. The fraction of sp³-hybridized carbons (Fsp3) is 0.571. The van der Waals surface area contributed by atoms with Crippen LogP contribution >= 0.6 is 0 Å². The van der Waals surface area contributed by atoms with Gasteiger partial charge in [0.2, 0.25) is 0 Å². The molecule has 0 saturated carbocycles. The Kier molecular flexibility index (Phi) is 4.68. The third kappa shape index (κ3) is 3.63. The lowest BCUT2D eigenvalue weighted by atomic mass is 10.1. The number of rotatable bonds is 5. The molecule has 0 aliphatic carbocycles.